The van der Waals surface area contributed by atoms with Crippen molar-refractivity contribution in [2.45, 2.75) is 32.6 Å². The van der Waals surface area contributed by atoms with Gasteiger partial charge in [0.2, 0.25) is 11.8 Å². The summed E-state index contributed by atoms with van der Waals surface area (Å²) in [5.74, 6) is 0.183. The number of anilines is 1. The SMILES string of the molecule is Cc1ccc(Br)cc1NC(=O)CCNC(=O)C1CC12CCNCC2.Cl. The second kappa shape index (κ2) is 8.52. The van der Waals surface area contributed by atoms with Crippen molar-refractivity contribution in [3.63, 3.8) is 0 Å². The fourth-order valence-electron chi connectivity index (χ4n) is 3.56. The second-order valence-corrected chi connectivity index (χ2v) is 7.83. The maximum Gasteiger partial charge on any atom is 0.226 e. The van der Waals surface area contributed by atoms with Crippen molar-refractivity contribution in [2.24, 2.45) is 11.3 Å². The van der Waals surface area contributed by atoms with Gasteiger partial charge in [-0.05, 0) is 62.4 Å². The van der Waals surface area contributed by atoms with Crippen LogP contribution in [0.5, 0.6) is 0 Å². The number of carbonyl (C=O) groups excluding carboxylic acids is 2. The van der Waals surface area contributed by atoms with E-state index >= 15 is 0 Å². The number of amides is 2. The number of aryl methyl sites for hydroxylation is 1. The average Bonchev–Trinajstić information content (AvgIpc) is 3.24. The predicted octanol–water partition coefficient (Wildman–Crippen LogP) is 3.01. The van der Waals surface area contributed by atoms with Crippen molar-refractivity contribution in [3.8, 4) is 0 Å². The summed E-state index contributed by atoms with van der Waals surface area (Å²) < 4.78 is 0.928. The summed E-state index contributed by atoms with van der Waals surface area (Å²) in [5.41, 5.74) is 2.06. The summed E-state index contributed by atoms with van der Waals surface area (Å²) in [5, 5.41) is 9.17. The van der Waals surface area contributed by atoms with Crippen LogP contribution in [0.25, 0.3) is 0 Å². The number of rotatable bonds is 5. The third-order valence-electron chi connectivity index (χ3n) is 5.23. The molecule has 1 saturated heterocycles. The van der Waals surface area contributed by atoms with Gasteiger partial charge in [-0.3, -0.25) is 9.59 Å². The second-order valence-electron chi connectivity index (χ2n) is 6.92. The lowest BCUT2D eigenvalue weighted by Crippen LogP contribution is -2.34. The molecule has 2 fully saturated rings. The van der Waals surface area contributed by atoms with Crippen LogP contribution in [0.4, 0.5) is 5.69 Å². The minimum Gasteiger partial charge on any atom is -0.355 e. The summed E-state index contributed by atoms with van der Waals surface area (Å²) in [6.07, 6.45) is 3.48. The van der Waals surface area contributed by atoms with E-state index in [-0.39, 0.29) is 35.6 Å². The number of nitrogens with one attached hydrogen (secondary N) is 3. The largest absolute Gasteiger partial charge is 0.355 e. The summed E-state index contributed by atoms with van der Waals surface area (Å²) in [6, 6.07) is 5.78. The molecule has 0 radical (unpaired) electrons. The minimum atomic E-state index is -0.0797. The molecule has 0 aromatic heterocycles. The topological polar surface area (TPSA) is 70.2 Å². The molecule has 3 N–H and O–H groups in total. The first-order chi connectivity index (χ1) is 11.5. The molecular weight excluding hydrogens is 406 g/mol. The van der Waals surface area contributed by atoms with Gasteiger partial charge in [0.25, 0.3) is 0 Å². The van der Waals surface area contributed by atoms with Gasteiger partial charge in [-0.25, -0.2) is 0 Å². The Labute approximate surface area is 163 Å². The van der Waals surface area contributed by atoms with Crippen LogP contribution in [-0.2, 0) is 9.59 Å². The minimum absolute atomic E-state index is 0. The Kier molecular flexibility index (Phi) is 6.88. The van der Waals surface area contributed by atoms with Gasteiger partial charge in [-0.1, -0.05) is 22.0 Å². The first-order valence-electron chi connectivity index (χ1n) is 8.55. The molecule has 1 unspecified atom stereocenters. The van der Waals surface area contributed by atoms with Crippen LogP contribution in [-0.4, -0.2) is 31.4 Å². The Balaban J connectivity index is 0.00000225. The molecule has 1 aromatic rings. The fraction of sp³-hybridized carbons (Fsp3) is 0.556. The molecule has 1 spiro atoms. The average molecular weight is 431 g/mol. The van der Waals surface area contributed by atoms with Crippen LogP contribution >= 0.6 is 28.3 Å². The van der Waals surface area contributed by atoms with Gasteiger partial charge in [-0.15, -0.1) is 12.4 Å². The van der Waals surface area contributed by atoms with Gasteiger partial charge in [0, 0.05) is 29.0 Å². The van der Waals surface area contributed by atoms with Gasteiger partial charge in [0.1, 0.15) is 0 Å². The zero-order chi connectivity index (χ0) is 17.2. The number of carbonyl (C=O) groups is 2. The van der Waals surface area contributed by atoms with E-state index in [1.807, 2.05) is 25.1 Å². The van der Waals surface area contributed by atoms with Crippen molar-refractivity contribution < 1.29 is 9.59 Å². The molecule has 138 valence electrons. The van der Waals surface area contributed by atoms with E-state index < -0.39 is 0 Å². The summed E-state index contributed by atoms with van der Waals surface area (Å²) in [4.78, 5) is 24.3. The van der Waals surface area contributed by atoms with Crippen LogP contribution < -0.4 is 16.0 Å². The van der Waals surface area contributed by atoms with E-state index in [1.165, 1.54) is 0 Å². The summed E-state index contributed by atoms with van der Waals surface area (Å²) in [6.45, 7) is 4.37. The van der Waals surface area contributed by atoms with E-state index in [9.17, 15) is 9.59 Å². The zero-order valence-electron chi connectivity index (χ0n) is 14.4. The monoisotopic (exact) mass is 429 g/mol. The fourth-order valence-corrected chi connectivity index (χ4v) is 3.92. The maximum absolute atomic E-state index is 12.2. The number of benzene rings is 1. The molecule has 1 aliphatic heterocycles. The predicted molar refractivity (Wildman–Crippen MR) is 105 cm³/mol. The lowest BCUT2D eigenvalue weighted by Gasteiger charge is -2.23. The van der Waals surface area contributed by atoms with Crippen molar-refractivity contribution in [2.75, 3.05) is 25.0 Å². The summed E-state index contributed by atoms with van der Waals surface area (Å²) in [7, 11) is 0. The normalized spacial score (nSPS) is 20.5. The molecule has 2 aliphatic rings. The van der Waals surface area contributed by atoms with Gasteiger partial charge in [-0.2, -0.15) is 0 Å². The van der Waals surface area contributed by atoms with Crippen LogP contribution in [0.15, 0.2) is 22.7 Å². The van der Waals surface area contributed by atoms with E-state index in [1.54, 1.807) is 0 Å². The van der Waals surface area contributed by atoms with Crippen molar-refractivity contribution >= 4 is 45.8 Å². The van der Waals surface area contributed by atoms with Gasteiger partial charge < -0.3 is 16.0 Å². The van der Waals surface area contributed by atoms with Crippen LogP contribution in [0.3, 0.4) is 0 Å². The van der Waals surface area contributed by atoms with E-state index in [2.05, 4.69) is 31.9 Å². The van der Waals surface area contributed by atoms with Gasteiger partial charge in [0.15, 0.2) is 0 Å². The smallest absolute Gasteiger partial charge is 0.226 e. The van der Waals surface area contributed by atoms with E-state index in [4.69, 9.17) is 0 Å². The number of hydrogen-bond acceptors (Lipinski definition) is 3. The molecule has 5 nitrogen and oxygen atoms in total. The van der Waals surface area contributed by atoms with E-state index in [0.717, 1.165) is 48.1 Å². The molecule has 2 amide bonds. The van der Waals surface area contributed by atoms with Gasteiger partial charge >= 0.3 is 0 Å². The third kappa shape index (κ3) is 4.96. The highest BCUT2D eigenvalue weighted by atomic mass is 79.9. The molecule has 25 heavy (non-hydrogen) atoms. The highest BCUT2D eigenvalue weighted by Gasteiger charge is 2.57. The Bertz CT molecular complexity index is 647. The Morgan fingerprint density at radius 3 is 2.76 bits per heavy atom. The van der Waals surface area contributed by atoms with Crippen molar-refractivity contribution in [1.82, 2.24) is 10.6 Å². The van der Waals surface area contributed by atoms with Crippen LogP contribution in [0.1, 0.15) is 31.2 Å². The molecule has 7 heteroatoms. The first-order valence-corrected chi connectivity index (χ1v) is 9.34. The lowest BCUT2D eigenvalue weighted by molar-refractivity contribution is -0.123. The summed E-state index contributed by atoms with van der Waals surface area (Å²) >= 11 is 3.40. The highest BCUT2D eigenvalue weighted by molar-refractivity contribution is 9.10. The lowest BCUT2D eigenvalue weighted by atomic mass is 9.92. The van der Waals surface area contributed by atoms with Gasteiger partial charge in [0.05, 0.1) is 0 Å². The maximum atomic E-state index is 12.2. The standard InChI is InChI=1S/C18H24BrN3O2.ClH/c1-12-2-3-13(19)10-15(12)22-16(23)4-7-21-17(24)14-11-18(14)5-8-20-9-6-18;/h2-3,10,14,20H,4-9,11H2,1H3,(H,21,24)(H,22,23);1H. The number of hydrogen-bond donors (Lipinski definition) is 3. The van der Waals surface area contributed by atoms with Crippen LogP contribution in [0.2, 0.25) is 0 Å². The number of piperidine rings is 1. The molecule has 0 bridgehead atoms. The Hall–Kier alpha value is -1.11. The third-order valence-corrected chi connectivity index (χ3v) is 5.72. The molecular formula is C18H25BrClN3O2. The molecule has 1 aliphatic carbocycles. The van der Waals surface area contributed by atoms with E-state index in [0.29, 0.717) is 13.0 Å². The van der Waals surface area contributed by atoms with Crippen LogP contribution in [0, 0.1) is 18.3 Å². The molecule has 1 saturated carbocycles. The molecule has 1 atom stereocenters. The van der Waals surface area contributed by atoms with Crippen molar-refractivity contribution in [3.05, 3.63) is 28.2 Å². The first kappa shape index (κ1) is 20.2. The Morgan fingerprint density at radius 2 is 2.04 bits per heavy atom. The molecule has 3 rings (SSSR count). The molecule has 1 heterocycles. The van der Waals surface area contributed by atoms with Crippen molar-refractivity contribution in [1.29, 1.82) is 0 Å². The number of halogens is 2. The zero-order valence-corrected chi connectivity index (χ0v) is 16.8. The molecule has 1 aromatic carbocycles. The quantitative estimate of drug-likeness (QED) is 0.672. The highest BCUT2D eigenvalue weighted by Crippen LogP contribution is 2.58. The Morgan fingerprint density at radius 1 is 1.32 bits per heavy atom.